The van der Waals surface area contributed by atoms with Gasteiger partial charge in [0.2, 0.25) is 5.91 Å². The number of ether oxygens (including phenoxy) is 3. The summed E-state index contributed by atoms with van der Waals surface area (Å²) in [7, 11) is 3.00. The zero-order chi connectivity index (χ0) is 17.9. The van der Waals surface area contributed by atoms with Gasteiger partial charge in [0.15, 0.2) is 0 Å². The van der Waals surface area contributed by atoms with Gasteiger partial charge < -0.3 is 19.3 Å². The molecule has 2 atom stereocenters. The van der Waals surface area contributed by atoms with Crippen LogP contribution in [0.25, 0.3) is 0 Å². The Morgan fingerprint density at radius 2 is 1.88 bits per heavy atom. The van der Waals surface area contributed by atoms with E-state index in [2.05, 4.69) is 0 Å². The number of imide groups is 1. The molecular weight excluding hydrogens is 314 g/mol. The molecule has 0 unspecified atom stereocenters. The first-order chi connectivity index (χ1) is 11.4. The van der Waals surface area contributed by atoms with Gasteiger partial charge in [-0.25, -0.2) is 9.69 Å². The average Bonchev–Trinajstić information content (AvgIpc) is 2.96. The Labute approximate surface area is 141 Å². The number of nitrogens with zero attached hydrogens (tertiary/aromatic N) is 1. The molecule has 1 aliphatic rings. The highest BCUT2D eigenvalue weighted by molar-refractivity contribution is 5.97. The van der Waals surface area contributed by atoms with Crippen LogP contribution in [-0.2, 0) is 9.53 Å². The van der Waals surface area contributed by atoms with Crippen molar-refractivity contribution in [3.63, 3.8) is 0 Å². The summed E-state index contributed by atoms with van der Waals surface area (Å²) in [6.45, 7) is 3.55. The van der Waals surface area contributed by atoms with Crippen LogP contribution in [0, 0.1) is 5.92 Å². The minimum atomic E-state index is -0.902. The van der Waals surface area contributed by atoms with Gasteiger partial charge in [-0.3, -0.25) is 4.79 Å². The monoisotopic (exact) mass is 337 g/mol. The fourth-order valence-electron chi connectivity index (χ4n) is 2.70. The van der Waals surface area contributed by atoms with E-state index >= 15 is 0 Å². The van der Waals surface area contributed by atoms with Crippen molar-refractivity contribution in [2.45, 2.75) is 25.8 Å². The second-order valence-corrected chi connectivity index (χ2v) is 5.98. The molecule has 132 valence electrons. The van der Waals surface area contributed by atoms with Crippen molar-refractivity contribution in [1.82, 2.24) is 4.90 Å². The van der Waals surface area contributed by atoms with Crippen LogP contribution in [0.3, 0.4) is 0 Å². The lowest BCUT2D eigenvalue weighted by atomic mass is 9.96. The van der Waals surface area contributed by atoms with Gasteiger partial charge in [-0.2, -0.15) is 0 Å². The molecule has 0 saturated carbocycles. The Hall–Kier alpha value is -2.28. The summed E-state index contributed by atoms with van der Waals surface area (Å²) in [4.78, 5) is 26.0. The molecular formula is C17H23NO6. The van der Waals surface area contributed by atoms with Gasteiger partial charge in [0.05, 0.1) is 32.8 Å². The van der Waals surface area contributed by atoms with E-state index in [1.807, 2.05) is 13.8 Å². The number of carbonyl (C=O) groups is 2. The molecule has 1 fully saturated rings. The number of aliphatic hydroxyl groups excluding tert-OH is 1. The first-order valence-electron chi connectivity index (χ1n) is 7.76. The van der Waals surface area contributed by atoms with Crippen LogP contribution in [0.5, 0.6) is 11.5 Å². The second-order valence-electron chi connectivity index (χ2n) is 5.98. The summed E-state index contributed by atoms with van der Waals surface area (Å²) < 4.78 is 15.4. The summed E-state index contributed by atoms with van der Waals surface area (Å²) in [6.07, 6.45) is -0.674. The molecule has 1 aliphatic heterocycles. The van der Waals surface area contributed by atoms with Gasteiger partial charge in [0, 0.05) is 6.07 Å². The first kappa shape index (κ1) is 18.1. The van der Waals surface area contributed by atoms with Gasteiger partial charge in [-0.15, -0.1) is 0 Å². The highest BCUT2D eigenvalue weighted by atomic mass is 16.6. The molecule has 0 aliphatic carbocycles. The highest BCUT2D eigenvalue weighted by Gasteiger charge is 2.42. The Morgan fingerprint density at radius 1 is 1.29 bits per heavy atom. The molecule has 2 rings (SSSR count). The SMILES string of the molecule is COc1cc(OC)cc([C@@H](CO)C(=O)N2C(=O)OC[C@H]2C(C)C)c1. The molecule has 7 nitrogen and oxygen atoms in total. The molecule has 24 heavy (non-hydrogen) atoms. The summed E-state index contributed by atoms with van der Waals surface area (Å²) in [5.74, 6) is -0.338. The smallest absolute Gasteiger partial charge is 0.417 e. The molecule has 2 amide bonds. The van der Waals surface area contributed by atoms with E-state index in [-0.39, 0.29) is 18.6 Å². The predicted octanol–water partition coefficient (Wildman–Crippen LogP) is 1.78. The summed E-state index contributed by atoms with van der Waals surface area (Å²) in [6, 6.07) is 4.62. The maximum atomic E-state index is 12.9. The van der Waals surface area contributed by atoms with E-state index < -0.39 is 24.5 Å². The normalized spacial score (nSPS) is 18.5. The maximum absolute atomic E-state index is 12.9. The van der Waals surface area contributed by atoms with E-state index in [1.165, 1.54) is 14.2 Å². The summed E-state index contributed by atoms with van der Waals surface area (Å²) in [5.41, 5.74) is 0.515. The first-order valence-corrected chi connectivity index (χ1v) is 7.76. The Kier molecular flexibility index (Phi) is 5.66. The third kappa shape index (κ3) is 3.46. The number of hydrogen-bond donors (Lipinski definition) is 1. The van der Waals surface area contributed by atoms with E-state index in [0.29, 0.717) is 17.1 Å². The lowest BCUT2D eigenvalue weighted by molar-refractivity contribution is -0.132. The summed E-state index contributed by atoms with van der Waals surface area (Å²) in [5, 5.41) is 9.77. The number of cyclic esters (lactones) is 1. The molecule has 1 N–H and O–H groups in total. The van der Waals surface area contributed by atoms with Crippen LogP contribution in [0.15, 0.2) is 18.2 Å². The number of rotatable bonds is 6. The molecule has 1 aromatic carbocycles. The number of benzene rings is 1. The topological polar surface area (TPSA) is 85.3 Å². The van der Waals surface area contributed by atoms with Crippen LogP contribution < -0.4 is 9.47 Å². The number of carbonyl (C=O) groups excluding carboxylic acids is 2. The van der Waals surface area contributed by atoms with E-state index in [1.54, 1.807) is 18.2 Å². The van der Waals surface area contributed by atoms with Gasteiger partial charge in [0.1, 0.15) is 18.1 Å². The zero-order valence-electron chi connectivity index (χ0n) is 14.3. The van der Waals surface area contributed by atoms with Crippen molar-refractivity contribution in [3.05, 3.63) is 23.8 Å². The standard InChI is InChI=1S/C17H23NO6/c1-10(2)15-9-24-17(21)18(15)16(20)14(8-19)11-5-12(22-3)7-13(6-11)23-4/h5-7,10,14-15,19H,8-9H2,1-4H3/t14-,15+/m1/s1. The van der Waals surface area contributed by atoms with Crippen molar-refractivity contribution in [2.24, 2.45) is 5.92 Å². The lowest BCUT2D eigenvalue weighted by Crippen LogP contribution is -2.44. The second kappa shape index (κ2) is 7.53. The molecule has 1 heterocycles. The van der Waals surface area contributed by atoms with Crippen LogP contribution in [0.2, 0.25) is 0 Å². The summed E-state index contributed by atoms with van der Waals surface area (Å²) >= 11 is 0. The lowest BCUT2D eigenvalue weighted by Gasteiger charge is -2.26. The van der Waals surface area contributed by atoms with Crippen LogP contribution in [0.1, 0.15) is 25.3 Å². The minimum Gasteiger partial charge on any atom is -0.497 e. The van der Waals surface area contributed by atoms with Crippen molar-refractivity contribution in [1.29, 1.82) is 0 Å². The number of hydrogen-bond acceptors (Lipinski definition) is 6. The Morgan fingerprint density at radius 3 is 2.33 bits per heavy atom. The molecule has 0 spiro atoms. The Bertz CT molecular complexity index is 593. The van der Waals surface area contributed by atoms with Crippen LogP contribution >= 0.6 is 0 Å². The zero-order valence-corrected chi connectivity index (χ0v) is 14.3. The number of aliphatic hydroxyl groups is 1. The highest BCUT2D eigenvalue weighted by Crippen LogP contribution is 2.31. The van der Waals surface area contributed by atoms with E-state index in [9.17, 15) is 14.7 Å². The quantitative estimate of drug-likeness (QED) is 0.852. The van der Waals surface area contributed by atoms with Gasteiger partial charge in [0.25, 0.3) is 0 Å². The maximum Gasteiger partial charge on any atom is 0.417 e. The van der Waals surface area contributed by atoms with Crippen molar-refractivity contribution >= 4 is 12.0 Å². The molecule has 0 aromatic heterocycles. The molecule has 1 aromatic rings. The van der Waals surface area contributed by atoms with Gasteiger partial charge >= 0.3 is 6.09 Å². The fourth-order valence-corrected chi connectivity index (χ4v) is 2.70. The van der Waals surface area contributed by atoms with Crippen LogP contribution in [0.4, 0.5) is 4.79 Å². The van der Waals surface area contributed by atoms with Gasteiger partial charge in [-0.1, -0.05) is 13.8 Å². The molecule has 0 bridgehead atoms. The Balaban J connectivity index is 2.37. The predicted molar refractivity (Wildman–Crippen MR) is 86.2 cm³/mol. The van der Waals surface area contributed by atoms with Gasteiger partial charge in [-0.05, 0) is 23.6 Å². The van der Waals surface area contributed by atoms with Crippen molar-refractivity contribution < 1.29 is 28.9 Å². The largest absolute Gasteiger partial charge is 0.497 e. The third-order valence-electron chi connectivity index (χ3n) is 4.17. The van der Waals surface area contributed by atoms with Crippen molar-refractivity contribution in [3.8, 4) is 11.5 Å². The van der Waals surface area contributed by atoms with E-state index in [0.717, 1.165) is 4.90 Å². The molecule has 7 heteroatoms. The van der Waals surface area contributed by atoms with E-state index in [4.69, 9.17) is 14.2 Å². The van der Waals surface area contributed by atoms with Crippen LogP contribution in [-0.4, -0.2) is 55.5 Å². The van der Waals surface area contributed by atoms with Crippen molar-refractivity contribution in [2.75, 3.05) is 27.4 Å². The molecule has 0 radical (unpaired) electrons. The minimum absolute atomic E-state index is 0.0552. The third-order valence-corrected chi connectivity index (χ3v) is 4.17. The average molecular weight is 337 g/mol. The number of amides is 2. The fraction of sp³-hybridized carbons (Fsp3) is 0.529. The number of methoxy groups -OCH3 is 2. The molecule has 1 saturated heterocycles.